The Morgan fingerprint density at radius 2 is 2.00 bits per heavy atom. The van der Waals surface area contributed by atoms with Gasteiger partial charge in [-0.05, 0) is 43.9 Å². The fourth-order valence-corrected chi connectivity index (χ4v) is 2.99. The van der Waals surface area contributed by atoms with Crippen molar-refractivity contribution < 1.29 is 0 Å². The lowest BCUT2D eigenvalue weighted by molar-refractivity contribution is 0.273. The Bertz CT molecular complexity index is 337. The van der Waals surface area contributed by atoms with Crippen molar-refractivity contribution in [3.63, 3.8) is 0 Å². The van der Waals surface area contributed by atoms with E-state index in [1.807, 2.05) is 12.1 Å². The van der Waals surface area contributed by atoms with Gasteiger partial charge in [0, 0.05) is 11.1 Å². The second-order valence-electron chi connectivity index (χ2n) is 4.74. The van der Waals surface area contributed by atoms with Gasteiger partial charge in [0.25, 0.3) is 0 Å². The van der Waals surface area contributed by atoms with Gasteiger partial charge in [-0.1, -0.05) is 42.6 Å². The van der Waals surface area contributed by atoms with Crippen LogP contribution in [0.3, 0.4) is 0 Å². The first kappa shape index (κ1) is 11.9. The third-order valence-electron chi connectivity index (χ3n) is 3.72. The topological polar surface area (TPSA) is 12.0 Å². The molecule has 2 heteroatoms. The van der Waals surface area contributed by atoms with E-state index in [1.54, 1.807) is 0 Å². The summed E-state index contributed by atoms with van der Waals surface area (Å²) in [5.41, 5.74) is 1.30. The van der Waals surface area contributed by atoms with E-state index in [0.29, 0.717) is 6.04 Å². The zero-order valence-electron chi connectivity index (χ0n) is 9.88. The van der Waals surface area contributed by atoms with Gasteiger partial charge in [0.05, 0.1) is 0 Å². The van der Waals surface area contributed by atoms with Crippen LogP contribution in [-0.2, 0) is 6.42 Å². The van der Waals surface area contributed by atoms with Crippen molar-refractivity contribution in [1.29, 1.82) is 0 Å². The molecule has 2 unspecified atom stereocenters. The number of hydrogen-bond donors (Lipinski definition) is 1. The molecule has 0 aromatic heterocycles. The zero-order valence-corrected chi connectivity index (χ0v) is 10.6. The second kappa shape index (κ2) is 5.70. The van der Waals surface area contributed by atoms with Crippen LogP contribution < -0.4 is 5.32 Å². The van der Waals surface area contributed by atoms with Crippen LogP contribution in [0.25, 0.3) is 0 Å². The summed E-state index contributed by atoms with van der Waals surface area (Å²) in [7, 11) is 2.08. The Morgan fingerprint density at radius 1 is 1.25 bits per heavy atom. The Labute approximate surface area is 103 Å². The highest BCUT2D eigenvalue weighted by Crippen LogP contribution is 2.29. The lowest BCUT2D eigenvalue weighted by atomic mass is 9.81. The maximum absolute atomic E-state index is 6.21. The normalized spacial score (nSPS) is 25.6. The van der Waals surface area contributed by atoms with Crippen LogP contribution in [0.4, 0.5) is 0 Å². The molecule has 1 saturated carbocycles. The molecule has 1 aliphatic rings. The van der Waals surface area contributed by atoms with Gasteiger partial charge >= 0.3 is 0 Å². The standard InChI is InChI=1S/C14H20ClN/c1-16-14-9-5-3-7-12(14)10-11-6-2-4-8-13(11)15/h2,4,6,8,12,14,16H,3,5,7,9-10H2,1H3. The highest BCUT2D eigenvalue weighted by atomic mass is 35.5. The minimum atomic E-state index is 0.671. The quantitative estimate of drug-likeness (QED) is 0.846. The number of benzene rings is 1. The van der Waals surface area contributed by atoms with Gasteiger partial charge in [-0.15, -0.1) is 0 Å². The Morgan fingerprint density at radius 3 is 2.75 bits per heavy atom. The average Bonchev–Trinajstić information content (AvgIpc) is 2.33. The van der Waals surface area contributed by atoms with Gasteiger partial charge in [-0.2, -0.15) is 0 Å². The minimum Gasteiger partial charge on any atom is -0.317 e. The van der Waals surface area contributed by atoms with Crippen LogP contribution in [0, 0.1) is 5.92 Å². The molecule has 1 nitrogen and oxygen atoms in total. The predicted molar refractivity (Wildman–Crippen MR) is 70.0 cm³/mol. The van der Waals surface area contributed by atoms with E-state index in [9.17, 15) is 0 Å². The summed E-state index contributed by atoms with van der Waals surface area (Å²) in [5, 5.41) is 4.37. The Hall–Kier alpha value is -0.530. The van der Waals surface area contributed by atoms with E-state index >= 15 is 0 Å². The molecule has 1 N–H and O–H groups in total. The lowest BCUT2D eigenvalue weighted by Crippen LogP contribution is -2.37. The Kier molecular flexibility index (Phi) is 4.25. The van der Waals surface area contributed by atoms with Gasteiger partial charge in [-0.3, -0.25) is 0 Å². The summed E-state index contributed by atoms with van der Waals surface area (Å²) < 4.78 is 0. The molecule has 0 spiro atoms. The molecule has 1 aromatic carbocycles. The first-order chi connectivity index (χ1) is 7.81. The van der Waals surface area contributed by atoms with E-state index in [1.165, 1.54) is 31.2 Å². The molecular weight excluding hydrogens is 218 g/mol. The van der Waals surface area contributed by atoms with Gasteiger partial charge in [-0.25, -0.2) is 0 Å². The molecule has 88 valence electrons. The highest BCUT2D eigenvalue weighted by molar-refractivity contribution is 6.31. The monoisotopic (exact) mass is 237 g/mol. The maximum Gasteiger partial charge on any atom is 0.0438 e. The number of nitrogens with one attached hydrogen (secondary N) is 1. The molecule has 0 amide bonds. The van der Waals surface area contributed by atoms with E-state index in [-0.39, 0.29) is 0 Å². The first-order valence-electron chi connectivity index (χ1n) is 6.22. The van der Waals surface area contributed by atoms with E-state index in [4.69, 9.17) is 11.6 Å². The van der Waals surface area contributed by atoms with E-state index in [2.05, 4.69) is 24.5 Å². The smallest absolute Gasteiger partial charge is 0.0438 e. The number of rotatable bonds is 3. The average molecular weight is 238 g/mol. The van der Waals surface area contributed by atoms with Gasteiger partial charge in [0.1, 0.15) is 0 Å². The molecule has 16 heavy (non-hydrogen) atoms. The van der Waals surface area contributed by atoms with Crippen molar-refractivity contribution in [2.45, 2.75) is 38.1 Å². The summed E-state index contributed by atoms with van der Waals surface area (Å²) in [6.45, 7) is 0. The summed E-state index contributed by atoms with van der Waals surface area (Å²) in [4.78, 5) is 0. The van der Waals surface area contributed by atoms with Crippen molar-refractivity contribution in [2.75, 3.05) is 7.05 Å². The fourth-order valence-electron chi connectivity index (χ4n) is 2.78. The van der Waals surface area contributed by atoms with Gasteiger partial charge in [0.2, 0.25) is 0 Å². The predicted octanol–water partition coefficient (Wildman–Crippen LogP) is 3.66. The number of hydrogen-bond acceptors (Lipinski definition) is 1. The molecule has 0 radical (unpaired) electrons. The fraction of sp³-hybridized carbons (Fsp3) is 0.571. The molecular formula is C14H20ClN. The molecule has 0 bridgehead atoms. The van der Waals surface area contributed by atoms with Crippen molar-refractivity contribution in [3.05, 3.63) is 34.9 Å². The lowest BCUT2D eigenvalue weighted by Gasteiger charge is -2.31. The molecule has 1 fully saturated rings. The van der Waals surface area contributed by atoms with E-state index in [0.717, 1.165) is 17.4 Å². The largest absolute Gasteiger partial charge is 0.317 e. The van der Waals surface area contributed by atoms with Crippen molar-refractivity contribution in [3.8, 4) is 0 Å². The van der Waals surface area contributed by atoms with Crippen LogP contribution in [0.15, 0.2) is 24.3 Å². The SMILES string of the molecule is CNC1CCCCC1Cc1ccccc1Cl. The summed E-state index contributed by atoms with van der Waals surface area (Å²) in [6.07, 6.45) is 6.49. The molecule has 0 heterocycles. The molecule has 0 aliphatic heterocycles. The second-order valence-corrected chi connectivity index (χ2v) is 5.14. The maximum atomic E-state index is 6.21. The van der Waals surface area contributed by atoms with Crippen molar-refractivity contribution >= 4 is 11.6 Å². The number of halogens is 1. The molecule has 1 aromatic rings. The van der Waals surface area contributed by atoms with Crippen LogP contribution in [0.5, 0.6) is 0 Å². The summed E-state index contributed by atoms with van der Waals surface area (Å²) in [5.74, 6) is 0.749. The highest BCUT2D eigenvalue weighted by Gasteiger charge is 2.24. The zero-order chi connectivity index (χ0) is 11.4. The third-order valence-corrected chi connectivity index (χ3v) is 4.09. The van der Waals surface area contributed by atoms with Crippen molar-refractivity contribution in [2.24, 2.45) is 5.92 Å². The summed E-state index contributed by atoms with van der Waals surface area (Å²) in [6, 6.07) is 8.91. The molecule has 2 rings (SSSR count). The molecule has 2 atom stereocenters. The Balaban J connectivity index is 2.05. The third kappa shape index (κ3) is 2.78. The van der Waals surface area contributed by atoms with Crippen molar-refractivity contribution in [1.82, 2.24) is 5.32 Å². The van der Waals surface area contributed by atoms with Gasteiger partial charge < -0.3 is 5.32 Å². The summed E-state index contributed by atoms with van der Waals surface area (Å²) >= 11 is 6.21. The van der Waals surface area contributed by atoms with Crippen LogP contribution in [-0.4, -0.2) is 13.1 Å². The molecule has 0 saturated heterocycles. The first-order valence-corrected chi connectivity index (χ1v) is 6.59. The van der Waals surface area contributed by atoms with E-state index < -0.39 is 0 Å². The minimum absolute atomic E-state index is 0.671. The van der Waals surface area contributed by atoms with Crippen LogP contribution in [0.1, 0.15) is 31.2 Å². The van der Waals surface area contributed by atoms with Crippen LogP contribution >= 0.6 is 11.6 Å². The molecule has 1 aliphatic carbocycles. The van der Waals surface area contributed by atoms with Gasteiger partial charge in [0.15, 0.2) is 0 Å². The van der Waals surface area contributed by atoms with Crippen LogP contribution in [0.2, 0.25) is 5.02 Å².